The van der Waals surface area contributed by atoms with E-state index in [2.05, 4.69) is 70.1 Å². The van der Waals surface area contributed by atoms with E-state index >= 15 is 0 Å². The zero-order valence-corrected chi connectivity index (χ0v) is 17.1. The first-order valence-electron chi connectivity index (χ1n) is 8.68. The maximum absolute atomic E-state index is 6.13. The molecule has 0 fully saturated rings. The van der Waals surface area contributed by atoms with E-state index < -0.39 is 5.41 Å². The van der Waals surface area contributed by atoms with Gasteiger partial charge in [-0.2, -0.15) is 0 Å². The molecule has 0 saturated carbocycles. The van der Waals surface area contributed by atoms with E-state index in [0.29, 0.717) is 0 Å². The Kier molecular flexibility index (Phi) is 4.83. The number of hydrogen-bond donors (Lipinski definition) is 1. The molecule has 1 unspecified atom stereocenters. The number of nitrogens with one attached hydrogen (secondary N) is 1. The molecule has 1 nitrogen and oxygen atoms in total. The highest BCUT2D eigenvalue weighted by Gasteiger charge is 2.29. The summed E-state index contributed by atoms with van der Waals surface area (Å²) in [6.45, 7) is 2.16. The van der Waals surface area contributed by atoms with Gasteiger partial charge in [-0.15, -0.1) is 0 Å². The summed E-state index contributed by atoms with van der Waals surface area (Å²) in [5.74, 6) is 6.89. The minimum Gasteiger partial charge on any atom is -0.361 e. The fourth-order valence-corrected chi connectivity index (χ4v) is 3.79. The Morgan fingerprint density at radius 1 is 0.963 bits per heavy atom. The van der Waals surface area contributed by atoms with E-state index in [0.717, 1.165) is 37.1 Å². The van der Waals surface area contributed by atoms with Gasteiger partial charge in [-0.1, -0.05) is 69.7 Å². The first kappa shape index (κ1) is 17.9. The maximum atomic E-state index is 6.13. The molecule has 0 radical (unpaired) electrons. The van der Waals surface area contributed by atoms with Crippen molar-refractivity contribution in [1.29, 1.82) is 0 Å². The highest BCUT2D eigenvalue weighted by atomic mass is 79.9. The summed E-state index contributed by atoms with van der Waals surface area (Å²) < 4.78 is 1.05. The van der Waals surface area contributed by atoms with E-state index in [-0.39, 0.29) is 0 Å². The van der Waals surface area contributed by atoms with Crippen LogP contribution in [0.4, 0.5) is 0 Å². The molecule has 1 atom stereocenters. The Morgan fingerprint density at radius 3 is 2.44 bits per heavy atom. The molecule has 4 aromatic rings. The van der Waals surface area contributed by atoms with E-state index in [1.54, 1.807) is 0 Å². The molecule has 1 aromatic heterocycles. The molecule has 0 aliphatic carbocycles. The Hall–Kier alpha value is -2.47. The third-order valence-corrected chi connectivity index (χ3v) is 5.58. The number of halogens is 2. The number of fused-ring (bicyclic) bond motifs is 1. The summed E-state index contributed by atoms with van der Waals surface area (Å²) in [5, 5.41) is 1.88. The van der Waals surface area contributed by atoms with Crippen molar-refractivity contribution < 1.29 is 0 Å². The van der Waals surface area contributed by atoms with E-state index in [1.165, 1.54) is 0 Å². The average Bonchev–Trinajstić information content (AvgIpc) is 3.11. The molecular formula is C24H17BrClN. The largest absolute Gasteiger partial charge is 0.361 e. The second-order valence-corrected chi connectivity index (χ2v) is 7.99. The second kappa shape index (κ2) is 7.27. The van der Waals surface area contributed by atoms with Gasteiger partial charge in [0.05, 0.1) is 5.41 Å². The van der Waals surface area contributed by atoms with Crippen LogP contribution >= 0.6 is 27.5 Å². The topological polar surface area (TPSA) is 15.8 Å². The molecule has 4 rings (SSSR count). The molecule has 0 aliphatic rings. The van der Waals surface area contributed by atoms with Crippen molar-refractivity contribution in [2.24, 2.45) is 0 Å². The molecule has 1 heterocycles. The predicted octanol–water partition coefficient (Wildman–Crippen LogP) is 6.94. The fourth-order valence-electron chi connectivity index (χ4n) is 3.30. The Morgan fingerprint density at radius 2 is 1.70 bits per heavy atom. The lowest BCUT2D eigenvalue weighted by Crippen LogP contribution is -2.21. The van der Waals surface area contributed by atoms with Crippen LogP contribution in [0.1, 0.15) is 23.6 Å². The first-order chi connectivity index (χ1) is 13.1. The summed E-state index contributed by atoms with van der Waals surface area (Å²) in [6, 6.07) is 24.3. The lowest BCUT2D eigenvalue weighted by molar-refractivity contribution is 0.761. The minimum atomic E-state index is -0.487. The molecule has 132 valence electrons. The van der Waals surface area contributed by atoms with Crippen molar-refractivity contribution in [3.05, 3.63) is 105 Å². The molecule has 27 heavy (non-hydrogen) atoms. The van der Waals surface area contributed by atoms with Crippen LogP contribution in [0.2, 0.25) is 5.02 Å². The van der Waals surface area contributed by atoms with E-state index in [1.807, 2.05) is 48.5 Å². The molecule has 1 N–H and O–H groups in total. The average molecular weight is 435 g/mol. The third-order valence-electron chi connectivity index (χ3n) is 4.83. The Bertz CT molecular complexity index is 1150. The predicted molar refractivity (Wildman–Crippen MR) is 117 cm³/mol. The molecule has 0 bridgehead atoms. The quantitative estimate of drug-likeness (QED) is 0.329. The van der Waals surface area contributed by atoms with Crippen molar-refractivity contribution in [2.75, 3.05) is 0 Å². The van der Waals surface area contributed by atoms with Crippen LogP contribution < -0.4 is 0 Å². The van der Waals surface area contributed by atoms with Gasteiger partial charge < -0.3 is 4.98 Å². The Balaban J connectivity index is 1.94. The van der Waals surface area contributed by atoms with Crippen LogP contribution in [-0.2, 0) is 5.41 Å². The summed E-state index contributed by atoms with van der Waals surface area (Å²) in [7, 11) is 0. The van der Waals surface area contributed by atoms with Crippen molar-refractivity contribution in [3.63, 3.8) is 0 Å². The van der Waals surface area contributed by atoms with Gasteiger partial charge in [-0.25, -0.2) is 0 Å². The van der Waals surface area contributed by atoms with Crippen molar-refractivity contribution in [3.8, 4) is 11.8 Å². The maximum Gasteiger partial charge on any atom is 0.0808 e. The van der Waals surface area contributed by atoms with Gasteiger partial charge >= 0.3 is 0 Å². The van der Waals surface area contributed by atoms with Gasteiger partial charge in [0.1, 0.15) is 0 Å². The summed E-state index contributed by atoms with van der Waals surface area (Å²) in [5.41, 5.74) is 3.86. The molecular weight excluding hydrogens is 418 g/mol. The smallest absolute Gasteiger partial charge is 0.0808 e. The normalized spacial score (nSPS) is 13.0. The van der Waals surface area contributed by atoms with E-state index in [4.69, 9.17) is 11.6 Å². The van der Waals surface area contributed by atoms with Crippen LogP contribution in [0.5, 0.6) is 0 Å². The van der Waals surface area contributed by atoms with Gasteiger partial charge in [0.15, 0.2) is 0 Å². The monoisotopic (exact) mass is 433 g/mol. The van der Waals surface area contributed by atoms with Crippen LogP contribution in [0.15, 0.2) is 83.5 Å². The van der Waals surface area contributed by atoms with Crippen molar-refractivity contribution in [2.45, 2.75) is 12.3 Å². The number of hydrogen-bond acceptors (Lipinski definition) is 0. The Labute approximate surface area is 172 Å². The van der Waals surface area contributed by atoms with Gasteiger partial charge in [0.25, 0.3) is 0 Å². The fraction of sp³-hybridized carbons (Fsp3) is 0.0833. The molecule has 0 aliphatic heterocycles. The highest BCUT2D eigenvalue weighted by Crippen LogP contribution is 2.37. The van der Waals surface area contributed by atoms with Gasteiger partial charge in [0.2, 0.25) is 0 Å². The standard InChI is InChI=1S/C24H17BrClN/c1-24(18-7-10-20(26)11-8-18,14-13-17-5-3-2-4-6-17)22-16-27-23-12-9-19(25)15-21(22)23/h2-12,15-16,27H,1H3. The summed E-state index contributed by atoms with van der Waals surface area (Å²) in [6.07, 6.45) is 2.06. The number of rotatable bonds is 2. The molecule has 0 amide bonds. The van der Waals surface area contributed by atoms with Gasteiger partial charge in [-0.3, -0.25) is 0 Å². The number of H-pyrrole nitrogens is 1. The number of benzene rings is 3. The lowest BCUT2D eigenvalue weighted by Gasteiger charge is -2.24. The molecule has 0 saturated heterocycles. The third kappa shape index (κ3) is 3.54. The van der Waals surface area contributed by atoms with Gasteiger partial charge in [-0.05, 0) is 60.5 Å². The molecule has 3 aromatic carbocycles. The zero-order valence-electron chi connectivity index (χ0n) is 14.8. The minimum absolute atomic E-state index is 0.487. The van der Waals surface area contributed by atoms with Crippen LogP contribution in [-0.4, -0.2) is 4.98 Å². The molecule has 3 heteroatoms. The van der Waals surface area contributed by atoms with Crippen LogP contribution in [0.25, 0.3) is 10.9 Å². The molecule has 0 spiro atoms. The van der Waals surface area contributed by atoms with Crippen LogP contribution in [0, 0.1) is 11.8 Å². The number of aromatic nitrogens is 1. The SMILES string of the molecule is CC(C#Cc1ccccc1)(c1ccc(Cl)cc1)c1c[nH]c2ccc(Br)cc12. The van der Waals surface area contributed by atoms with E-state index in [9.17, 15) is 0 Å². The summed E-state index contributed by atoms with van der Waals surface area (Å²) >= 11 is 9.72. The first-order valence-corrected chi connectivity index (χ1v) is 9.85. The van der Waals surface area contributed by atoms with Crippen molar-refractivity contribution >= 4 is 38.4 Å². The zero-order chi connectivity index (χ0) is 18.9. The lowest BCUT2D eigenvalue weighted by atomic mass is 9.76. The van der Waals surface area contributed by atoms with Crippen molar-refractivity contribution in [1.82, 2.24) is 4.98 Å². The second-order valence-electron chi connectivity index (χ2n) is 6.64. The summed E-state index contributed by atoms with van der Waals surface area (Å²) in [4.78, 5) is 3.39. The number of aromatic amines is 1. The highest BCUT2D eigenvalue weighted by molar-refractivity contribution is 9.10. The van der Waals surface area contributed by atoms with Gasteiger partial charge in [0, 0.05) is 32.2 Å². The van der Waals surface area contributed by atoms with Crippen LogP contribution in [0.3, 0.4) is 0 Å².